The normalized spacial score (nSPS) is 22.0. The lowest BCUT2D eigenvalue weighted by molar-refractivity contribution is -0.143. The Kier molecular flexibility index (Phi) is 6.25. The minimum absolute atomic E-state index is 0.00868. The van der Waals surface area contributed by atoms with E-state index in [0.29, 0.717) is 0 Å². The molecule has 3 atom stereocenters. The highest BCUT2D eigenvalue weighted by Gasteiger charge is 2.39. The van der Waals surface area contributed by atoms with E-state index in [1.165, 1.54) is 6.92 Å². The van der Waals surface area contributed by atoms with Crippen molar-refractivity contribution in [2.45, 2.75) is 31.5 Å². The van der Waals surface area contributed by atoms with Crippen LogP contribution in [0.25, 0.3) is 0 Å². The van der Waals surface area contributed by atoms with E-state index in [1.54, 1.807) is 0 Å². The van der Waals surface area contributed by atoms with E-state index in [4.69, 9.17) is 10.8 Å². The highest BCUT2D eigenvalue weighted by molar-refractivity contribution is 5.92. The lowest BCUT2D eigenvalue weighted by Crippen LogP contribution is -2.52. The third-order valence-corrected chi connectivity index (χ3v) is 3.25. The number of rotatable bonds is 6. The average molecular weight is 316 g/mol. The molecule has 0 radical (unpaired) electrons. The number of likely N-dealkylation sites (tertiary alicyclic amines) is 1. The number of nitrogens with one attached hydrogen (secondary N) is 2. The minimum Gasteiger partial charge on any atom is -0.480 e. The molecular formula is C12H20N4O6. The molecule has 0 spiro atoms. The summed E-state index contributed by atoms with van der Waals surface area (Å²) < 4.78 is 0. The fraction of sp³-hybridized carbons (Fsp3) is 0.667. The van der Waals surface area contributed by atoms with Gasteiger partial charge in [0.1, 0.15) is 12.1 Å². The first-order chi connectivity index (χ1) is 10.3. The van der Waals surface area contributed by atoms with Crippen molar-refractivity contribution in [3.05, 3.63) is 0 Å². The standard InChI is InChI=1S/C12H20N4O6/c1-6(12(21)22)15-11(20)8-2-7(17)5-16(8)10(19)4-14-9(18)3-13/h6-8,17H,2-5,13H2,1H3,(H,14,18)(H,15,20)(H,21,22)/t6-,7+,8-/m0/s1. The number of aliphatic carboxylic acids is 1. The van der Waals surface area contributed by atoms with Gasteiger partial charge in [-0.15, -0.1) is 0 Å². The van der Waals surface area contributed by atoms with Gasteiger partial charge in [-0.05, 0) is 6.92 Å². The molecule has 6 N–H and O–H groups in total. The van der Waals surface area contributed by atoms with Crippen LogP contribution < -0.4 is 16.4 Å². The summed E-state index contributed by atoms with van der Waals surface area (Å²) in [5, 5.41) is 22.9. The van der Waals surface area contributed by atoms with Crippen LogP contribution >= 0.6 is 0 Å². The Hall–Kier alpha value is -2.20. The second-order valence-corrected chi connectivity index (χ2v) is 5.00. The van der Waals surface area contributed by atoms with Gasteiger partial charge in [0.25, 0.3) is 0 Å². The van der Waals surface area contributed by atoms with Crippen molar-refractivity contribution in [1.29, 1.82) is 0 Å². The van der Waals surface area contributed by atoms with Gasteiger partial charge in [-0.3, -0.25) is 19.2 Å². The molecule has 1 heterocycles. The zero-order valence-electron chi connectivity index (χ0n) is 12.1. The van der Waals surface area contributed by atoms with Crippen molar-refractivity contribution in [3.8, 4) is 0 Å². The summed E-state index contributed by atoms with van der Waals surface area (Å²) in [6.07, 6.45) is -0.876. The Labute approximate surface area is 126 Å². The summed E-state index contributed by atoms with van der Waals surface area (Å²) in [7, 11) is 0. The van der Waals surface area contributed by atoms with Gasteiger partial charge in [-0.25, -0.2) is 0 Å². The van der Waals surface area contributed by atoms with Crippen molar-refractivity contribution in [1.82, 2.24) is 15.5 Å². The van der Waals surface area contributed by atoms with E-state index in [9.17, 15) is 24.3 Å². The van der Waals surface area contributed by atoms with Crippen molar-refractivity contribution in [2.24, 2.45) is 5.73 Å². The number of nitrogens with two attached hydrogens (primary N) is 1. The smallest absolute Gasteiger partial charge is 0.325 e. The van der Waals surface area contributed by atoms with Gasteiger partial charge in [-0.1, -0.05) is 0 Å². The third-order valence-electron chi connectivity index (χ3n) is 3.25. The Morgan fingerprint density at radius 3 is 2.55 bits per heavy atom. The average Bonchev–Trinajstić information content (AvgIpc) is 2.86. The van der Waals surface area contributed by atoms with Crippen LogP contribution in [-0.2, 0) is 19.2 Å². The molecule has 0 aromatic rings. The summed E-state index contributed by atoms with van der Waals surface area (Å²) in [5.74, 6) is -2.94. The van der Waals surface area contributed by atoms with Crippen molar-refractivity contribution < 1.29 is 29.4 Å². The molecule has 3 amide bonds. The highest BCUT2D eigenvalue weighted by Crippen LogP contribution is 2.18. The molecule has 0 aromatic carbocycles. The Balaban J connectivity index is 2.67. The molecule has 22 heavy (non-hydrogen) atoms. The molecule has 0 unspecified atom stereocenters. The van der Waals surface area contributed by atoms with Gasteiger partial charge >= 0.3 is 5.97 Å². The zero-order valence-corrected chi connectivity index (χ0v) is 12.1. The maximum atomic E-state index is 12.0. The molecule has 0 bridgehead atoms. The third kappa shape index (κ3) is 4.67. The Morgan fingerprint density at radius 1 is 1.36 bits per heavy atom. The molecule has 1 saturated heterocycles. The van der Waals surface area contributed by atoms with Crippen LogP contribution in [0.2, 0.25) is 0 Å². The van der Waals surface area contributed by atoms with Crippen molar-refractivity contribution >= 4 is 23.7 Å². The van der Waals surface area contributed by atoms with Gasteiger partial charge in [0.15, 0.2) is 0 Å². The molecule has 0 saturated carbocycles. The van der Waals surface area contributed by atoms with Crippen LogP contribution in [-0.4, -0.2) is 76.6 Å². The number of carboxylic acids is 1. The zero-order chi connectivity index (χ0) is 16.9. The van der Waals surface area contributed by atoms with Gasteiger partial charge in [0.05, 0.1) is 19.2 Å². The van der Waals surface area contributed by atoms with Gasteiger partial charge in [-0.2, -0.15) is 0 Å². The van der Waals surface area contributed by atoms with E-state index in [0.717, 1.165) is 4.90 Å². The molecular weight excluding hydrogens is 296 g/mol. The van der Waals surface area contributed by atoms with Crippen LogP contribution in [0.1, 0.15) is 13.3 Å². The first-order valence-electron chi connectivity index (χ1n) is 6.73. The number of hydrogen-bond donors (Lipinski definition) is 5. The first-order valence-corrected chi connectivity index (χ1v) is 6.73. The molecule has 10 heteroatoms. The number of carbonyl (C=O) groups is 4. The van der Waals surface area contributed by atoms with Gasteiger partial charge in [0.2, 0.25) is 17.7 Å². The highest BCUT2D eigenvalue weighted by atomic mass is 16.4. The lowest BCUT2D eigenvalue weighted by Gasteiger charge is -2.24. The molecule has 1 fully saturated rings. The van der Waals surface area contributed by atoms with Crippen LogP contribution in [0.4, 0.5) is 0 Å². The van der Waals surface area contributed by atoms with E-state index in [-0.39, 0.29) is 26.1 Å². The quantitative estimate of drug-likeness (QED) is 0.341. The van der Waals surface area contributed by atoms with Crippen LogP contribution in [0.15, 0.2) is 0 Å². The van der Waals surface area contributed by atoms with E-state index < -0.39 is 41.9 Å². The largest absolute Gasteiger partial charge is 0.480 e. The van der Waals surface area contributed by atoms with E-state index in [1.807, 2.05) is 0 Å². The van der Waals surface area contributed by atoms with E-state index >= 15 is 0 Å². The second kappa shape index (κ2) is 7.71. The monoisotopic (exact) mass is 316 g/mol. The number of amides is 3. The Morgan fingerprint density at radius 2 is 2.00 bits per heavy atom. The molecule has 1 aliphatic rings. The molecule has 1 rings (SSSR count). The number of hydrogen-bond acceptors (Lipinski definition) is 6. The lowest BCUT2D eigenvalue weighted by atomic mass is 10.1. The van der Waals surface area contributed by atoms with Gasteiger partial charge in [0, 0.05) is 13.0 Å². The number of nitrogens with zero attached hydrogens (tertiary/aromatic N) is 1. The van der Waals surface area contributed by atoms with Crippen LogP contribution in [0.5, 0.6) is 0 Å². The van der Waals surface area contributed by atoms with Crippen molar-refractivity contribution in [3.63, 3.8) is 0 Å². The minimum atomic E-state index is -1.21. The predicted molar refractivity (Wildman–Crippen MR) is 73.4 cm³/mol. The maximum Gasteiger partial charge on any atom is 0.325 e. The number of aliphatic hydroxyl groups is 1. The Bertz CT molecular complexity index is 469. The predicted octanol–water partition coefficient (Wildman–Crippen LogP) is -3.39. The summed E-state index contributed by atoms with van der Waals surface area (Å²) in [4.78, 5) is 46.9. The second-order valence-electron chi connectivity index (χ2n) is 5.00. The van der Waals surface area contributed by atoms with Gasteiger partial charge < -0.3 is 31.5 Å². The fourth-order valence-electron chi connectivity index (χ4n) is 2.06. The molecule has 10 nitrogen and oxygen atoms in total. The number of carbonyl (C=O) groups excluding carboxylic acids is 3. The van der Waals surface area contributed by atoms with Crippen LogP contribution in [0, 0.1) is 0 Å². The number of β-amino-alcohol motifs (C(OH)–C–C–N with tert-alkyl or cyclic N) is 1. The molecule has 0 aliphatic carbocycles. The topological polar surface area (TPSA) is 162 Å². The number of carboxylic acid groups (broad SMARTS) is 1. The van der Waals surface area contributed by atoms with Crippen molar-refractivity contribution in [2.75, 3.05) is 19.6 Å². The summed E-state index contributed by atoms with van der Waals surface area (Å²) >= 11 is 0. The molecule has 1 aliphatic heterocycles. The summed E-state index contributed by atoms with van der Waals surface area (Å²) in [6, 6.07) is -2.08. The number of aliphatic hydroxyl groups excluding tert-OH is 1. The molecule has 124 valence electrons. The summed E-state index contributed by atoms with van der Waals surface area (Å²) in [6.45, 7) is 0.618. The SMILES string of the molecule is C[C@H](NC(=O)[C@@H]1C[C@@H](O)CN1C(=O)CNC(=O)CN)C(=O)O. The maximum absolute atomic E-state index is 12.0. The van der Waals surface area contributed by atoms with Crippen LogP contribution in [0.3, 0.4) is 0 Å². The van der Waals surface area contributed by atoms with E-state index in [2.05, 4.69) is 10.6 Å². The molecule has 0 aromatic heterocycles. The summed E-state index contributed by atoms with van der Waals surface area (Å²) in [5.41, 5.74) is 5.10. The fourth-order valence-corrected chi connectivity index (χ4v) is 2.06. The first kappa shape index (κ1) is 17.9.